The zero-order valence-electron chi connectivity index (χ0n) is 12.1. The van der Waals surface area contributed by atoms with Gasteiger partial charge in [0.25, 0.3) is 0 Å². The second-order valence-electron chi connectivity index (χ2n) is 5.95. The van der Waals surface area contributed by atoms with Gasteiger partial charge in [0.05, 0.1) is 6.54 Å². The number of rotatable bonds is 6. The lowest BCUT2D eigenvalue weighted by Gasteiger charge is -2.35. The molecule has 5 heteroatoms. The molecule has 0 unspecified atom stereocenters. The molecule has 0 aromatic carbocycles. The van der Waals surface area contributed by atoms with Crippen LogP contribution in [0.15, 0.2) is 0 Å². The number of hydrogen-bond donors (Lipinski definition) is 1. The van der Waals surface area contributed by atoms with Gasteiger partial charge in [-0.25, -0.2) is 0 Å². The Morgan fingerprint density at radius 3 is 2.42 bits per heavy atom. The molecule has 0 amide bonds. The van der Waals surface area contributed by atoms with E-state index in [4.69, 9.17) is 5.11 Å². The Balaban J connectivity index is 1.77. The van der Waals surface area contributed by atoms with Crippen molar-refractivity contribution in [2.24, 2.45) is 0 Å². The average molecular weight is 269 g/mol. The summed E-state index contributed by atoms with van der Waals surface area (Å²) in [5.74, 6) is -0.690. The van der Waals surface area contributed by atoms with E-state index in [-0.39, 0.29) is 6.54 Å². The number of aliphatic carboxylic acids is 1. The molecule has 1 aliphatic carbocycles. The fraction of sp³-hybridized carbons (Fsp3) is 0.929. The van der Waals surface area contributed by atoms with Crippen molar-refractivity contribution in [1.29, 1.82) is 0 Å². The fourth-order valence-electron chi connectivity index (χ4n) is 3.18. The van der Waals surface area contributed by atoms with Crippen LogP contribution in [0.5, 0.6) is 0 Å². The van der Waals surface area contributed by atoms with Crippen LogP contribution in [-0.4, -0.2) is 84.7 Å². The number of piperazine rings is 1. The van der Waals surface area contributed by atoms with Crippen molar-refractivity contribution in [3.8, 4) is 0 Å². The number of carbonyl (C=O) groups is 1. The number of nitrogens with zero attached hydrogens (tertiary/aromatic N) is 3. The number of carboxylic acid groups (broad SMARTS) is 1. The normalized spacial score (nSPS) is 23.3. The van der Waals surface area contributed by atoms with Crippen LogP contribution in [0.3, 0.4) is 0 Å². The van der Waals surface area contributed by atoms with E-state index in [2.05, 4.69) is 21.7 Å². The first-order chi connectivity index (χ1) is 9.15. The average Bonchev–Trinajstić information content (AvgIpc) is 2.90. The molecule has 1 aliphatic heterocycles. The highest BCUT2D eigenvalue weighted by atomic mass is 16.4. The summed E-state index contributed by atoms with van der Waals surface area (Å²) in [7, 11) is 2.16. The molecule has 1 N–H and O–H groups in total. The maximum absolute atomic E-state index is 11.0. The van der Waals surface area contributed by atoms with E-state index in [1.807, 2.05) is 0 Å². The van der Waals surface area contributed by atoms with Crippen LogP contribution in [0.2, 0.25) is 0 Å². The molecule has 0 spiro atoms. The highest BCUT2D eigenvalue weighted by Gasteiger charge is 2.25. The summed E-state index contributed by atoms with van der Waals surface area (Å²) in [5.41, 5.74) is 0. The van der Waals surface area contributed by atoms with Crippen molar-refractivity contribution in [2.45, 2.75) is 31.7 Å². The molecule has 0 aromatic rings. The van der Waals surface area contributed by atoms with Crippen LogP contribution in [0.1, 0.15) is 25.7 Å². The molecule has 5 nitrogen and oxygen atoms in total. The minimum absolute atomic E-state index is 0.207. The van der Waals surface area contributed by atoms with Crippen molar-refractivity contribution in [2.75, 3.05) is 52.9 Å². The van der Waals surface area contributed by atoms with E-state index in [0.717, 1.165) is 39.3 Å². The summed E-state index contributed by atoms with van der Waals surface area (Å²) in [6.45, 7) is 6.60. The molecule has 0 atom stereocenters. The van der Waals surface area contributed by atoms with Gasteiger partial charge in [0.1, 0.15) is 0 Å². The van der Waals surface area contributed by atoms with Gasteiger partial charge in [0, 0.05) is 45.3 Å². The molecule has 1 saturated carbocycles. The van der Waals surface area contributed by atoms with E-state index >= 15 is 0 Å². The summed E-state index contributed by atoms with van der Waals surface area (Å²) < 4.78 is 0. The Bertz CT molecular complexity index is 284. The molecule has 0 radical (unpaired) electrons. The highest BCUT2D eigenvalue weighted by Crippen LogP contribution is 2.23. The largest absolute Gasteiger partial charge is 0.480 e. The van der Waals surface area contributed by atoms with Crippen LogP contribution in [0.25, 0.3) is 0 Å². The number of likely N-dealkylation sites (N-methyl/N-ethyl adjacent to an activating group) is 1. The third-order valence-electron chi connectivity index (χ3n) is 4.48. The molecule has 1 heterocycles. The van der Waals surface area contributed by atoms with Crippen molar-refractivity contribution in [1.82, 2.24) is 14.7 Å². The third-order valence-corrected chi connectivity index (χ3v) is 4.48. The number of carboxylic acids is 1. The monoisotopic (exact) mass is 269 g/mol. The van der Waals surface area contributed by atoms with Crippen LogP contribution >= 0.6 is 0 Å². The van der Waals surface area contributed by atoms with Crippen LogP contribution < -0.4 is 0 Å². The van der Waals surface area contributed by atoms with Gasteiger partial charge in [-0.1, -0.05) is 12.8 Å². The van der Waals surface area contributed by atoms with Crippen LogP contribution in [0.4, 0.5) is 0 Å². The van der Waals surface area contributed by atoms with Gasteiger partial charge in [0.2, 0.25) is 0 Å². The lowest BCUT2D eigenvalue weighted by Crippen LogP contribution is -2.48. The summed E-state index contributed by atoms with van der Waals surface area (Å²) in [6.07, 6.45) is 4.87. The second kappa shape index (κ2) is 7.22. The Morgan fingerprint density at radius 1 is 1.21 bits per heavy atom. The molecule has 2 fully saturated rings. The topological polar surface area (TPSA) is 47.0 Å². The predicted molar refractivity (Wildman–Crippen MR) is 75.4 cm³/mol. The first-order valence-corrected chi connectivity index (χ1v) is 7.52. The molecule has 0 bridgehead atoms. The minimum Gasteiger partial charge on any atom is -0.480 e. The zero-order valence-corrected chi connectivity index (χ0v) is 12.1. The molecule has 2 aliphatic rings. The molecule has 110 valence electrons. The fourth-order valence-corrected chi connectivity index (χ4v) is 3.18. The smallest absolute Gasteiger partial charge is 0.317 e. The van der Waals surface area contributed by atoms with Crippen molar-refractivity contribution in [3.63, 3.8) is 0 Å². The Morgan fingerprint density at radius 2 is 1.84 bits per heavy atom. The summed E-state index contributed by atoms with van der Waals surface area (Å²) in [6, 6.07) is 0.503. The second-order valence-corrected chi connectivity index (χ2v) is 5.95. The van der Waals surface area contributed by atoms with Gasteiger partial charge in [-0.05, 0) is 19.9 Å². The molecular formula is C14H27N3O2. The van der Waals surface area contributed by atoms with E-state index in [9.17, 15) is 4.79 Å². The van der Waals surface area contributed by atoms with E-state index in [1.54, 1.807) is 0 Å². The van der Waals surface area contributed by atoms with Gasteiger partial charge in [0.15, 0.2) is 0 Å². The summed E-state index contributed by atoms with van der Waals surface area (Å²) >= 11 is 0. The summed E-state index contributed by atoms with van der Waals surface area (Å²) in [4.78, 5) is 18.0. The van der Waals surface area contributed by atoms with Gasteiger partial charge in [-0.15, -0.1) is 0 Å². The van der Waals surface area contributed by atoms with Gasteiger partial charge < -0.3 is 10.0 Å². The lowest BCUT2D eigenvalue weighted by molar-refractivity contribution is -0.139. The predicted octanol–water partition coefficient (Wildman–Crippen LogP) is 0.563. The highest BCUT2D eigenvalue weighted by molar-refractivity contribution is 5.69. The Hall–Kier alpha value is -0.650. The van der Waals surface area contributed by atoms with Gasteiger partial charge in [-0.2, -0.15) is 0 Å². The molecular weight excluding hydrogens is 242 g/mol. The maximum atomic E-state index is 11.0. The van der Waals surface area contributed by atoms with E-state index in [0.29, 0.717) is 6.04 Å². The maximum Gasteiger partial charge on any atom is 0.317 e. The van der Waals surface area contributed by atoms with Crippen molar-refractivity contribution < 1.29 is 9.90 Å². The SMILES string of the molecule is CN1CCN(CCN(CC(=O)O)C2CCCC2)CC1. The van der Waals surface area contributed by atoms with E-state index in [1.165, 1.54) is 25.7 Å². The quantitative estimate of drug-likeness (QED) is 0.763. The molecule has 0 aromatic heterocycles. The first-order valence-electron chi connectivity index (χ1n) is 7.52. The standard InChI is InChI=1S/C14H27N3O2/c1-15-6-8-16(9-7-15)10-11-17(12-14(18)19)13-4-2-3-5-13/h13H,2-12H2,1H3,(H,18,19). The van der Waals surface area contributed by atoms with Crippen molar-refractivity contribution in [3.05, 3.63) is 0 Å². The minimum atomic E-state index is -0.690. The zero-order chi connectivity index (χ0) is 13.7. The first kappa shape index (κ1) is 14.8. The van der Waals surface area contributed by atoms with Crippen LogP contribution in [0, 0.1) is 0 Å². The molecule has 2 rings (SSSR count). The van der Waals surface area contributed by atoms with E-state index < -0.39 is 5.97 Å². The van der Waals surface area contributed by atoms with Crippen LogP contribution in [-0.2, 0) is 4.79 Å². The van der Waals surface area contributed by atoms with Gasteiger partial charge >= 0.3 is 5.97 Å². The van der Waals surface area contributed by atoms with Crippen molar-refractivity contribution >= 4 is 5.97 Å². The molecule has 1 saturated heterocycles. The third kappa shape index (κ3) is 4.75. The lowest BCUT2D eigenvalue weighted by atomic mass is 10.2. The number of hydrogen-bond acceptors (Lipinski definition) is 4. The molecule has 19 heavy (non-hydrogen) atoms. The Kier molecular flexibility index (Phi) is 5.60. The summed E-state index contributed by atoms with van der Waals surface area (Å²) in [5, 5.41) is 9.05. The van der Waals surface area contributed by atoms with Gasteiger partial charge in [-0.3, -0.25) is 14.6 Å². The Labute approximate surface area is 116 Å².